The quantitative estimate of drug-likeness (QED) is 0.938. The van der Waals surface area contributed by atoms with Crippen LogP contribution in [0.15, 0.2) is 34.7 Å². The molecule has 116 valence electrons. The molecule has 3 rings (SSSR count). The third-order valence-electron chi connectivity index (χ3n) is 4.21. The predicted octanol–water partition coefficient (Wildman–Crippen LogP) is 2.01. The van der Waals surface area contributed by atoms with Crippen LogP contribution in [-0.2, 0) is 11.2 Å². The van der Waals surface area contributed by atoms with Crippen molar-refractivity contribution in [1.29, 1.82) is 0 Å². The van der Waals surface area contributed by atoms with Crippen molar-refractivity contribution < 1.29 is 9.21 Å². The van der Waals surface area contributed by atoms with Gasteiger partial charge in [0.1, 0.15) is 5.76 Å². The van der Waals surface area contributed by atoms with Crippen LogP contribution < -0.4 is 5.32 Å². The number of rotatable bonds is 4. The van der Waals surface area contributed by atoms with Gasteiger partial charge in [0.15, 0.2) is 0 Å². The highest BCUT2D eigenvalue weighted by Crippen LogP contribution is 2.22. The van der Waals surface area contributed by atoms with E-state index in [1.807, 2.05) is 49.2 Å². The minimum atomic E-state index is 0.0877. The van der Waals surface area contributed by atoms with Crippen molar-refractivity contribution in [2.45, 2.75) is 25.8 Å². The molecule has 0 radical (unpaired) electrons. The molecule has 5 heteroatoms. The number of nitrogens with one attached hydrogen (secondary N) is 1. The van der Waals surface area contributed by atoms with E-state index < -0.39 is 0 Å². The number of hydrogen-bond donors (Lipinski definition) is 1. The van der Waals surface area contributed by atoms with Crippen molar-refractivity contribution in [1.82, 2.24) is 15.2 Å². The average Bonchev–Trinajstić information content (AvgIpc) is 3.18. The lowest BCUT2D eigenvalue weighted by Gasteiger charge is -2.23. The molecule has 1 fully saturated rings. The second-order valence-corrected chi connectivity index (χ2v) is 5.72. The SMILES string of the molecule is Cc1oc(-c2ccccc2)nc1CC(=O)N(C)C1CCNC1. The molecule has 0 spiro atoms. The fraction of sp³-hybridized carbons (Fsp3) is 0.412. The Balaban J connectivity index is 1.72. The molecule has 1 aliphatic heterocycles. The second-order valence-electron chi connectivity index (χ2n) is 5.72. The van der Waals surface area contributed by atoms with E-state index >= 15 is 0 Å². The van der Waals surface area contributed by atoms with Crippen LogP contribution in [0.4, 0.5) is 0 Å². The fourth-order valence-electron chi connectivity index (χ4n) is 2.74. The van der Waals surface area contributed by atoms with Gasteiger partial charge in [-0.05, 0) is 32.0 Å². The van der Waals surface area contributed by atoms with E-state index in [1.54, 1.807) is 0 Å². The smallest absolute Gasteiger partial charge is 0.228 e. The summed E-state index contributed by atoms with van der Waals surface area (Å²) >= 11 is 0. The zero-order valence-corrected chi connectivity index (χ0v) is 13.0. The fourth-order valence-corrected chi connectivity index (χ4v) is 2.74. The van der Waals surface area contributed by atoms with Crippen LogP contribution in [0, 0.1) is 6.92 Å². The summed E-state index contributed by atoms with van der Waals surface area (Å²) in [6, 6.07) is 10.0. The Morgan fingerprint density at radius 2 is 2.18 bits per heavy atom. The van der Waals surface area contributed by atoms with Gasteiger partial charge in [0, 0.05) is 25.2 Å². The number of carbonyl (C=O) groups excluding carboxylic acids is 1. The molecule has 2 heterocycles. The first-order valence-electron chi connectivity index (χ1n) is 7.63. The lowest BCUT2D eigenvalue weighted by molar-refractivity contribution is -0.131. The standard InChI is InChI=1S/C17H21N3O2/c1-12-15(10-16(21)20(2)14-8-9-18-11-14)19-17(22-12)13-6-4-3-5-7-13/h3-7,14,18H,8-11H2,1-2H3. The summed E-state index contributed by atoms with van der Waals surface area (Å²) in [5, 5.41) is 3.28. The molecule has 1 atom stereocenters. The highest BCUT2D eigenvalue weighted by atomic mass is 16.4. The van der Waals surface area contributed by atoms with Gasteiger partial charge in [-0.25, -0.2) is 4.98 Å². The van der Waals surface area contributed by atoms with Crippen molar-refractivity contribution in [3.63, 3.8) is 0 Å². The maximum Gasteiger partial charge on any atom is 0.228 e. The number of aromatic nitrogens is 1. The predicted molar refractivity (Wildman–Crippen MR) is 84.4 cm³/mol. The molecule has 0 bridgehead atoms. The van der Waals surface area contributed by atoms with E-state index in [0.717, 1.165) is 30.8 Å². The molecule has 1 aromatic heterocycles. The Morgan fingerprint density at radius 1 is 1.41 bits per heavy atom. The number of aryl methyl sites for hydroxylation is 1. The van der Waals surface area contributed by atoms with Gasteiger partial charge >= 0.3 is 0 Å². The van der Waals surface area contributed by atoms with Crippen molar-refractivity contribution in [3.05, 3.63) is 41.8 Å². The van der Waals surface area contributed by atoms with E-state index in [1.165, 1.54) is 0 Å². The number of likely N-dealkylation sites (N-methyl/N-ethyl adjacent to an activating group) is 1. The molecule has 1 N–H and O–H groups in total. The summed E-state index contributed by atoms with van der Waals surface area (Å²) in [5.74, 6) is 1.38. The molecular formula is C17H21N3O2. The number of benzene rings is 1. The van der Waals surface area contributed by atoms with Gasteiger partial charge in [-0.15, -0.1) is 0 Å². The maximum absolute atomic E-state index is 12.4. The lowest BCUT2D eigenvalue weighted by atomic mass is 10.2. The van der Waals surface area contributed by atoms with Gasteiger partial charge in [0.05, 0.1) is 12.1 Å². The zero-order valence-electron chi connectivity index (χ0n) is 13.0. The van der Waals surface area contributed by atoms with Crippen LogP contribution in [0.1, 0.15) is 17.9 Å². The highest BCUT2D eigenvalue weighted by Gasteiger charge is 2.24. The number of hydrogen-bond acceptors (Lipinski definition) is 4. The van der Waals surface area contributed by atoms with E-state index in [0.29, 0.717) is 11.7 Å². The Bertz CT molecular complexity index is 645. The molecule has 1 saturated heterocycles. The van der Waals surface area contributed by atoms with Crippen LogP contribution in [0.25, 0.3) is 11.5 Å². The minimum Gasteiger partial charge on any atom is -0.441 e. The van der Waals surface area contributed by atoms with E-state index in [4.69, 9.17) is 4.42 Å². The minimum absolute atomic E-state index is 0.0877. The Hall–Kier alpha value is -2.14. The molecule has 1 aromatic carbocycles. The number of nitrogens with zero attached hydrogens (tertiary/aromatic N) is 2. The molecule has 0 aliphatic carbocycles. The summed E-state index contributed by atoms with van der Waals surface area (Å²) < 4.78 is 5.71. The Kier molecular flexibility index (Phi) is 4.24. The average molecular weight is 299 g/mol. The number of carbonyl (C=O) groups is 1. The molecule has 2 aromatic rings. The molecule has 1 unspecified atom stereocenters. The van der Waals surface area contributed by atoms with Crippen molar-refractivity contribution in [3.8, 4) is 11.5 Å². The van der Waals surface area contributed by atoms with Crippen molar-refractivity contribution in [2.75, 3.05) is 20.1 Å². The topological polar surface area (TPSA) is 58.4 Å². The highest BCUT2D eigenvalue weighted by molar-refractivity contribution is 5.78. The van der Waals surface area contributed by atoms with Crippen molar-refractivity contribution in [2.24, 2.45) is 0 Å². The summed E-state index contributed by atoms with van der Waals surface area (Å²) in [6.45, 7) is 3.71. The van der Waals surface area contributed by atoms with Crippen molar-refractivity contribution >= 4 is 5.91 Å². The van der Waals surface area contributed by atoms with Gasteiger partial charge in [-0.2, -0.15) is 0 Å². The van der Waals surface area contributed by atoms with Gasteiger partial charge in [-0.1, -0.05) is 18.2 Å². The Morgan fingerprint density at radius 3 is 2.86 bits per heavy atom. The van der Waals surface area contributed by atoms with Gasteiger partial charge in [0.25, 0.3) is 0 Å². The van der Waals surface area contributed by atoms with Crippen LogP contribution in [-0.4, -0.2) is 42.0 Å². The maximum atomic E-state index is 12.4. The first-order valence-corrected chi connectivity index (χ1v) is 7.63. The zero-order chi connectivity index (χ0) is 15.5. The van der Waals surface area contributed by atoms with E-state index in [2.05, 4.69) is 10.3 Å². The normalized spacial score (nSPS) is 17.6. The summed E-state index contributed by atoms with van der Waals surface area (Å²) in [5.41, 5.74) is 1.65. The molecule has 5 nitrogen and oxygen atoms in total. The van der Waals surface area contributed by atoms with Crippen LogP contribution in [0.5, 0.6) is 0 Å². The van der Waals surface area contributed by atoms with Gasteiger partial charge in [0.2, 0.25) is 11.8 Å². The lowest BCUT2D eigenvalue weighted by Crippen LogP contribution is -2.39. The van der Waals surface area contributed by atoms with E-state index in [9.17, 15) is 4.79 Å². The Labute approximate surface area is 130 Å². The molecular weight excluding hydrogens is 278 g/mol. The third-order valence-corrected chi connectivity index (χ3v) is 4.21. The number of amides is 1. The largest absolute Gasteiger partial charge is 0.441 e. The molecule has 0 saturated carbocycles. The van der Waals surface area contributed by atoms with Crippen LogP contribution in [0.3, 0.4) is 0 Å². The first-order chi connectivity index (χ1) is 10.6. The summed E-state index contributed by atoms with van der Waals surface area (Å²) in [7, 11) is 1.87. The monoisotopic (exact) mass is 299 g/mol. The van der Waals surface area contributed by atoms with Crippen LogP contribution in [0.2, 0.25) is 0 Å². The molecule has 22 heavy (non-hydrogen) atoms. The summed E-state index contributed by atoms with van der Waals surface area (Å²) in [4.78, 5) is 18.7. The van der Waals surface area contributed by atoms with E-state index in [-0.39, 0.29) is 18.4 Å². The second kappa shape index (κ2) is 6.32. The first kappa shape index (κ1) is 14.8. The summed E-state index contributed by atoms with van der Waals surface area (Å²) in [6.07, 6.45) is 1.30. The number of oxazole rings is 1. The third kappa shape index (κ3) is 3.04. The molecule has 1 aliphatic rings. The molecule has 1 amide bonds. The van der Waals surface area contributed by atoms with Gasteiger partial charge < -0.3 is 14.6 Å². The van der Waals surface area contributed by atoms with Gasteiger partial charge in [-0.3, -0.25) is 4.79 Å². The van der Waals surface area contributed by atoms with Crippen LogP contribution >= 0.6 is 0 Å².